The average Bonchev–Trinajstić information content (AvgIpc) is 2.36. The van der Waals surface area contributed by atoms with Gasteiger partial charge in [-0.05, 0) is 56.2 Å². The van der Waals surface area contributed by atoms with Crippen LogP contribution in [0.5, 0.6) is 0 Å². The molecule has 1 aromatic carbocycles. The Bertz CT molecular complexity index is 364. The summed E-state index contributed by atoms with van der Waals surface area (Å²) in [5.74, 6) is 1.39. The quantitative estimate of drug-likeness (QED) is 0.838. The van der Waals surface area contributed by atoms with Gasteiger partial charge in [0.1, 0.15) is 0 Å². The second kappa shape index (κ2) is 5.68. The molecule has 17 heavy (non-hydrogen) atoms. The molecule has 0 aliphatic heterocycles. The van der Waals surface area contributed by atoms with Gasteiger partial charge < -0.3 is 5.73 Å². The maximum absolute atomic E-state index is 6.05. The summed E-state index contributed by atoms with van der Waals surface area (Å²) >= 11 is 0. The van der Waals surface area contributed by atoms with Gasteiger partial charge in [0.05, 0.1) is 0 Å². The Morgan fingerprint density at radius 1 is 1.18 bits per heavy atom. The molecule has 0 spiro atoms. The van der Waals surface area contributed by atoms with Crippen LogP contribution in [0.1, 0.15) is 54.7 Å². The molecule has 1 aliphatic carbocycles. The van der Waals surface area contributed by atoms with Crippen molar-refractivity contribution < 1.29 is 0 Å². The van der Waals surface area contributed by atoms with E-state index in [1.54, 1.807) is 0 Å². The Morgan fingerprint density at radius 3 is 2.53 bits per heavy atom. The number of rotatable bonds is 3. The number of hydrogen-bond acceptors (Lipinski definition) is 1. The number of benzene rings is 1. The Morgan fingerprint density at radius 2 is 1.88 bits per heavy atom. The monoisotopic (exact) mass is 231 g/mol. The molecule has 1 unspecified atom stereocenters. The molecule has 2 N–H and O–H groups in total. The fraction of sp³-hybridized carbons (Fsp3) is 0.625. The first-order valence-corrected chi connectivity index (χ1v) is 6.99. The lowest BCUT2D eigenvalue weighted by molar-refractivity contribution is 0.307. The van der Waals surface area contributed by atoms with E-state index in [9.17, 15) is 0 Å². The Hall–Kier alpha value is -0.820. The predicted molar refractivity (Wildman–Crippen MR) is 74.3 cm³/mol. The van der Waals surface area contributed by atoms with E-state index in [1.807, 2.05) is 0 Å². The van der Waals surface area contributed by atoms with E-state index >= 15 is 0 Å². The highest BCUT2D eigenvalue weighted by atomic mass is 14.6. The van der Waals surface area contributed by atoms with Crippen LogP contribution >= 0.6 is 0 Å². The topological polar surface area (TPSA) is 26.0 Å². The number of aryl methyl sites for hydroxylation is 2. The normalized spacial score (nSPS) is 19.2. The highest BCUT2D eigenvalue weighted by molar-refractivity contribution is 5.34. The highest BCUT2D eigenvalue weighted by Gasteiger charge is 2.24. The maximum atomic E-state index is 6.05. The van der Waals surface area contributed by atoms with Crippen molar-refractivity contribution in [1.29, 1.82) is 0 Å². The van der Waals surface area contributed by atoms with Crippen molar-refractivity contribution in [2.24, 2.45) is 11.7 Å². The lowest BCUT2D eigenvalue weighted by atomic mass is 9.75. The van der Waals surface area contributed by atoms with E-state index in [0.29, 0.717) is 5.92 Å². The maximum Gasteiger partial charge on any atom is -0.000546 e. The zero-order valence-corrected chi connectivity index (χ0v) is 11.2. The summed E-state index contributed by atoms with van der Waals surface area (Å²) in [4.78, 5) is 0. The zero-order chi connectivity index (χ0) is 12.3. The van der Waals surface area contributed by atoms with Crippen LogP contribution in [-0.4, -0.2) is 6.54 Å². The van der Waals surface area contributed by atoms with Crippen LogP contribution in [0.2, 0.25) is 0 Å². The molecule has 0 heterocycles. The van der Waals surface area contributed by atoms with Crippen molar-refractivity contribution in [3.8, 4) is 0 Å². The van der Waals surface area contributed by atoms with Crippen molar-refractivity contribution in [2.75, 3.05) is 6.54 Å². The molecule has 1 aliphatic rings. The third-order valence-electron chi connectivity index (χ3n) is 4.31. The van der Waals surface area contributed by atoms with E-state index in [1.165, 1.54) is 48.8 Å². The Kier molecular flexibility index (Phi) is 4.22. The van der Waals surface area contributed by atoms with Crippen molar-refractivity contribution in [3.05, 3.63) is 34.9 Å². The van der Waals surface area contributed by atoms with Gasteiger partial charge in [-0.15, -0.1) is 0 Å². The second-order valence-corrected chi connectivity index (χ2v) is 5.60. The van der Waals surface area contributed by atoms with Crippen molar-refractivity contribution in [1.82, 2.24) is 0 Å². The van der Waals surface area contributed by atoms with Crippen LogP contribution in [0.4, 0.5) is 0 Å². The minimum atomic E-state index is 0.579. The van der Waals surface area contributed by atoms with Crippen LogP contribution in [-0.2, 0) is 0 Å². The van der Waals surface area contributed by atoms with Crippen LogP contribution in [0.25, 0.3) is 0 Å². The van der Waals surface area contributed by atoms with Gasteiger partial charge in [-0.3, -0.25) is 0 Å². The molecule has 0 aromatic heterocycles. The van der Waals surface area contributed by atoms with Gasteiger partial charge in [-0.1, -0.05) is 43.0 Å². The first-order chi connectivity index (χ1) is 8.22. The van der Waals surface area contributed by atoms with E-state index < -0.39 is 0 Å². The largest absolute Gasteiger partial charge is 0.330 e. The van der Waals surface area contributed by atoms with E-state index in [2.05, 4.69) is 32.0 Å². The minimum absolute atomic E-state index is 0.579. The molecule has 1 nitrogen and oxygen atoms in total. The summed E-state index contributed by atoms with van der Waals surface area (Å²) in [5, 5.41) is 0. The van der Waals surface area contributed by atoms with E-state index in [-0.39, 0.29) is 0 Å². The Labute approximate surface area is 105 Å². The highest BCUT2D eigenvalue weighted by Crippen LogP contribution is 2.36. The molecule has 1 atom stereocenters. The summed E-state index contributed by atoms with van der Waals surface area (Å²) in [7, 11) is 0. The first-order valence-electron chi connectivity index (χ1n) is 6.99. The van der Waals surface area contributed by atoms with Crippen LogP contribution < -0.4 is 5.73 Å². The van der Waals surface area contributed by atoms with Gasteiger partial charge in [0, 0.05) is 0 Å². The van der Waals surface area contributed by atoms with Crippen molar-refractivity contribution >= 4 is 0 Å². The van der Waals surface area contributed by atoms with E-state index in [4.69, 9.17) is 5.73 Å². The summed E-state index contributed by atoms with van der Waals surface area (Å²) in [6.45, 7) is 5.20. The van der Waals surface area contributed by atoms with Crippen molar-refractivity contribution in [3.63, 3.8) is 0 Å². The summed E-state index contributed by atoms with van der Waals surface area (Å²) in [6, 6.07) is 6.80. The molecule has 1 heteroatoms. The minimum Gasteiger partial charge on any atom is -0.330 e. The lowest BCUT2D eigenvalue weighted by Crippen LogP contribution is -2.24. The van der Waals surface area contributed by atoms with Crippen molar-refractivity contribution in [2.45, 2.75) is 51.9 Å². The molecule has 0 saturated heterocycles. The van der Waals surface area contributed by atoms with Crippen LogP contribution in [0, 0.1) is 19.8 Å². The number of nitrogens with two attached hydrogens (primary N) is 1. The lowest BCUT2D eigenvalue weighted by Gasteiger charge is -2.31. The standard InChI is InChI=1S/C16H25N/c1-12-8-9-13(2)15(10-12)16(11-17)14-6-4-3-5-7-14/h8-10,14,16H,3-7,11,17H2,1-2H3. The van der Waals surface area contributed by atoms with Crippen LogP contribution in [0.15, 0.2) is 18.2 Å². The van der Waals surface area contributed by atoms with Gasteiger partial charge in [0.25, 0.3) is 0 Å². The summed E-state index contributed by atoms with van der Waals surface area (Å²) in [5.41, 5.74) is 10.3. The molecule has 0 radical (unpaired) electrons. The fourth-order valence-corrected chi connectivity index (χ4v) is 3.27. The first kappa shape index (κ1) is 12.6. The molecule has 1 fully saturated rings. The van der Waals surface area contributed by atoms with Gasteiger partial charge in [0.15, 0.2) is 0 Å². The summed E-state index contributed by atoms with van der Waals surface area (Å²) < 4.78 is 0. The fourth-order valence-electron chi connectivity index (χ4n) is 3.27. The van der Waals surface area contributed by atoms with Gasteiger partial charge in [0.2, 0.25) is 0 Å². The molecule has 1 aromatic rings. The van der Waals surface area contributed by atoms with Gasteiger partial charge >= 0.3 is 0 Å². The molecule has 0 bridgehead atoms. The molecule has 94 valence electrons. The predicted octanol–water partition coefficient (Wildman–Crippen LogP) is 3.93. The van der Waals surface area contributed by atoms with E-state index in [0.717, 1.165) is 12.5 Å². The third-order valence-corrected chi connectivity index (χ3v) is 4.31. The van der Waals surface area contributed by atoms with Gasteiger partial charge in [-0.25, -0.2) is 0 Å². The van der Waals surface area contributed by atoms with Gasteiger partial charge in [-0.2, -0.15) is 0 Å². The molecule has 2 rings (SSSR count). The number of hydrogen-bond donors (Lipinski definition) is 1. The third kappa shape index (κ3) is 2.90. The summed E-state index contributed by atoms with van der Waals surface area (Å²) in [6.07, 6.45) is 6.95. The smallest absolute Gasteiger partial charge is 0.000546 e. The molecule has 1 saturated carbocycles. The molecular weight excluding hydrogens is 206 g/mol. The Balaban J connectivity index is 2.24. The zero-order valence-electron chi connectivity index (χ0n) is 11.2. The molecular formula is C16H25N. The SMILES string of the molecule is Cc1ccc(C)c(C(CN)C2CCCCC2)c1. The van der Waals surface area contributed by atoms with Crippen LogP contribution in [0.3, 0.4) is 0 Å². The second-order valence-electron chi connectivity index (χ2n) is 5.60. The average molecular weight is 231 g/mol. The molecule has 0 amide bonds.